The first-order valence-electron chi connectivity index (χ1n) is 5.54. The zero-order valence-corrected chi connectivity index (χ0v) is 10.3. The third-order valence-electron chi connectivity index (χ3n) is 3.12. The number of carbonyl (C=O) groups is 1. The highest BCUT2D eigenvalue weighted by Crippen LogP contribution is 2.50. The fourth-order valence-electron chi connectivity index (χ4n) is 3.82. The van der Waals surface area contributed by atoms with E-state index in [1.807, 2.05) is 0 Å². The summed E-state index contributed by atoms with van der Waals surface area (Å²) >= 11 is 0. The van der Waals surface area contributed by atoms with Crippen molar-refractivity contribution in [1.82, 2.24) is 0 Å². The van der Waals surface area contributed by atoms with Crippen LogP contribution in [0.15, 0.2) is 0 Å². The van der Waals surface area contributed by atoms with Crippen molar-refractivity contribution < 1.29 is 9.90 Å². The van der Waals surface area contributed by atoms with E-state index >= 15 is 0 Å². The van der Waals surface area contributed by atoms with Gasteiger partial charge in [0.25, 0.3) is 0 Å². The van der Waals surface area contributed by atoms with Crippen molar-refractivity contribution >= 4 is 5.97 Å². The molecular weight excluding hydrogens is 190 g/mol. The largest absolute Gasteiger partial charge is 0.481 e. The number of carboxylic acids is 1. The molecule has 3 N–H and O–H groups in total. The molecule has 3 heteroatoms. The van der Waals surface area contributed by atoms with Gasteiger partial charge in [-0.1, -0.05) is 27.7 Å². The molecule has 0 aliphatic heterocycles. The van der Waals surface area contributed by atoms with Crippen molar-refractivity contribution in [3.05, 3.63) is 0 Å². The highest BCUT2D eigenvalue weighted by Gasteiger charge is 2.46. The summed E-state index contributed by atoms with van der Waals surface area (Å²) in [7, 11) is 0. The zero-order valence-electron chi connectivity index (χ0n) is 10.3. The lowest BCUT2D eigenvalue weighted by molar-refractivity contribution is -0.139. The Kier molecular flexibility index (Phi) is 2.90. The van der Waals surface area contributed by atoms with Crippen LogP contribution < -0.4 is 5.73 Å². The summed E-state index contributed by atoms with van der Waals surface area (Å²) in [6, 6.07) is 0. The van der Waals surface area contributed by atoms with Gasteiger partial charge < -0.3 is 10.8 Å². The maximum Gasteiger partial charge on any atom is 0.305 e. The van der Waals surface area contributed by atoms with Gasteiger partial charge >= 0.3 is 5.97 Å². The van der Waals surface area contributed by atoms with Crippen LogP contribution in [0.5, 0.6) is 0 Å². The van der Waals surface area contributed by atoms with E-state index in [9.17, 15) is 4.79 Å². The van der Waals surface area contributed by atoms with Crippen molar-refractivity contribution in [1.29, 1.82) is 0 Å². The van der Waals surface area contributed by atoms with E-state index in [0.717, 1.165) is 19.3 Å². The molecule has 1 aliphatic rings. The Labute approximate surface area is 92.0 Å². The first-order valence-corrected chi connectivity index (χ1v) is 5.54. The van der Waals surface area contributed by atoms with Crippen LogP contribution in [0.2, 0.25) is 0 Å². The molecule has 1 fully saturated rings. The molecule has 0 aromatic rings. The minimum atomic E-state index is -0.786. The SMILES string of the molecule is CC1(C)CC(C)(C)CC(N)(CC(=O)O)C1. The second-order valence-electron chi connectivity index (χ2n) is 6.79. The predicted octanol–water partition coefficient (Wildman–Crippen LogP) is 2.39. The highest BCUT2D eigenvalue weighted by atomic mass is 16.4. The summed E-state index contributed by atoms with van der Waals surface area (Å²) in [6.45, 7) is 8.71. The van der Waals surface area contributed by atoms with Crippen molar-refractivity contribution in [2.24, 2.45) is 16.6 Å². The fraction of sp³-hybridized carbons (Fsp3) is 0.917. The molecule has 0 radical (unpaired) electrons. The molecule has 0 atom stereocenters. The summed E-state index contributed by atoms with van der Waals surface area (Å²) in [5, 5.41) is 8.89. The molecule has 0 saturated heterocycles. The maximum absolute atomic E-state index is 10.8. The smallest absolute Gasteiger partial charge is 0.305 e. The van der Waals surface area contributed by atoms with Gasteiger partial charge in [-0.15, -0.1) is 0 Å². The Morgan fingerprint density at radius 3 is 1.87 bits per heavy atom. The molecule has 15 heavy (non-hydrogen) atoms. The van der Waals surface area contributed by atoms with Gasteiger partial charge in [-0.3, -0.25) is 4.79 Å². The number of carboxylic acid groups (broad SMARTS) is 1. The van der Waals surface area contributed by atoms with E-state index in [4.69, 9.17) is 10.8 Å². The summed E-state index contributed by atoms with van der Waals surface area (Å²) in [5.41, 5.74) is 5.99. The Morgan fingerprint density at radius 2 is 1.53 bits per heavy atom. The standard InChI is InChI=1S/C12H23NO2/c1-10(2)6-11(3,4)8-12(13,7-10)5-9(14)15/h5-8,13H2,1-4H3,(H,14,15). The third kappa shape index (κ3) is 3.49. The molecule has 0 aromatic heterocycles. The second-order valence-corrected chi connectivity index (χ2v) is 6.79. The van der Waals surface area contributed by atoms with Gasteiger partial charge in [0.1, 0.15) is 0 Å². The van der Waals surface area contributed by atoms with Crippen LogP contribution in [0.4, 0.5) is 0 Å². The lowest BCUT2D eigenvalue weighted by atomic mass is 9.58. The third-order valence-corrected chi connectivity index (χ3v) is 3.12. The lowest BCUT2D eigenvalue weighted by Gasteiger charge is -2.50. The molecule has 0 unspecified atom stereocenters. The molecular formula is C12H23NO2. The molecule has 3 nitrogen and oxygen atoms in total. The monoisotopic (exact) mass is 213 g/mol. The van der Waals surface area contributed by atoms with Gasteiger partial charge in [-0.2, -0.15) is 0 Å². The Balaban J connectivity index is 2.86. The van der Waals surface area contributed by atoms with E-state index in [2.05, 4.69) is 27.7 Å². The zero-order chi connectivity index (χ0) is 11.9. The number of hydrogen-bond donors (Lipinski definition) is 2. The average Bonchev–Trinajstić information content (AvgIpc) is 1.70. The van der Waals surface area contributed by atoms with Gasteiger partial charge in [-0.25, -0.2) is 0 Å². The molecule has 0 bridgehead atoms. The Bertz CT molecular complexity index is 253. The molecule has 1 saturated carbocycles. The van der Waals surface area contributed by atoms with E-state index in [0.29, 0.717) is 0 Å². The van der Waals surface area contributed by atoms with Crippen molar-refractivity contribution in [2.45, 2.75) is 58.9 Å². The Hall–Kier alpha value is -0.570. The molecule has 0 aromatic carbocycles. The topological polar surface area (TPSA) is 63.3 Å². The lowest BCUT2D eigenvalue weighted by Crippen LogP contribution is -2.53. The molecule has 1 aliphatic carbocycles. The van der Waals surface area contributed by atoms with Gasteiger partial charge in [0.2, 0.25) is 0 Å². The normalized spacial score (nSPS) is 27.3. The molecule has 0 spiro atoms. The van der Waals surface area contributed by atoms with E-state index in [-0.39, 0.29) is 17.3 Å². The van der Waals surface area contributed by atoms with Crippen LogP contribution in [-0.4, -0.2) is 16.6 Å². The second kappa shape index (κ2) is 3.48. The quantitative estimate of drug-likeness (QED) is 0.740. The Morgan fingerprint density at radius 1 is 1.13 bits per heavy atom. The van der Waals surface area contributed by atoms with Crippen molar-refractivity contribution in [3.63, 3.8) is 0 Å². The summed E-state index contributed by atoms with van der Waals surface area (Å²) in [6.07, 6.45) is 2.80. The molecule has 1 rings (SSSR count). The van der Waals surface area contributed by atoms with Crippen LogP contribution in [0, 0.1) is 10.8 Å². The van der Waals surface area contributed by atoms with E-state index in [1.165, 1.54) is 0 Å². The summed E-state index contributed by atoms with van der Waals surface area (Å²) < 4.78 is 0. The number of rotatable bonds is 2. The molecule has 88 valence electrons. The summed E-state index contributed by atoms with van der Waals surface area (Å²) in [4.78, 5) is 10.8. The van der Waals surface area contributed by atoms with Crippen molar-refractivity contribution in [2.75, 3.05) is 0 Å². The number of nitrogens with two attached hydrogens (primary N) is 1. The molecule has 0 amide bonds. The van der Waals surface area contributed by atoms with Crippen LogP contribution in [0.1, 0.15) is 53.4 Å². The van der Waals surface area contributed by atoms with E-state index in [1.54, 1.807) is 0 Å². The van der Waals surface area contributed by atoms with Gasteiger partial charge in [0.05, 0.1) is 6.42 Å². The fourth-order valence-corrected chi connectivity index (χ4v) is 3.82. The van der Waals surface area contributed by atoms with Crippen LogP contribution >= 0.6 is 0 Å². The average molecular weight is 213 g/mol. The van der Waals surface area contributed by atoms with Gasteiger partial charge in [0.15, 0.2) is 0 Å². The minimum Gasteiger partial charge on any atom is -0.481 e. The first kappa shape index (κ1) is 12.5. The van der Waals surface area contributed by atoms with Gasteiger partial charge in [-0.05, 0) is 30.1 Å². The number of aliphatic carboxylic acids is 1. The van der Waals surface area contributed by atoms with Crippen LogP contribution in [0.25, 0.3) is 0 Å². The first-order chi connectivity index (χ1) is 6.54. The minimum absolute atomic E-state index is 0.0832. The van der Waals surface area contributed by atoms with Crippen LogP contribution in [0.3, 0.4) is 0 Å². The highest BCUT2D eigenvalue weighted by molar-refractivity contribution is 5.68. The summed E-state index contributed by atoms with van der Waals surface area (Å²) in [5.74, 6) is -0.786. The number of hydrogen-bond acceptors (Lipinski definition) is 2. The molecule has 0 heterocycles. The maximum atomic E-state index is 10.8. The van der Waals surface area contributed by atoms with E-state index < -0.39 is 11.5 Å². The van der Waals surface area contributed by atoms with Crippen molar-refractivity contribution in [3.8, 4) is 0 Å². The van der Waals surface area contributed by atoms with Gasteiger partial charge in [0, 0.05) is 5.54 Å². The predicted molar refractivity (Wildman–Crippen MR) is 60.6 cm³/mol. The van der Waals surface area contributed by atoms with Crippen LogP contribution in [-0.2, 0) is 4.79 Å².